The van der Waals surface area contributed by atoms with Gasteiger partial charge in [-0.15, -0.1) is 0 Å². The molecule has 0 atom stereocenters. The number of rotatable bonds is 0. The molecule has 62 valence electrons. The van der Waals surface area contributed by atoms with Crippen molar-refractivity contribution >= 4 is 26.7 Å². The number of nitriles is 1. The zero-order chi connectivity index (χ0) is 9.26. The number of nitrogens with zero attached hydrogens (tertiary/aromatic N) is 2. The van der Waals surface area contributed by atoms with Crippen molar-refractivity contribution in [3.63, 3.8) is 0 Å². The number of benzene rings is 1. The predicted molar refractivity (Wildman–Crippen MR) is 54.2 cm³/mol. The zero-order valence-corrected chi connectivity index (χ0v) is 8.25. The first kappa shape index (κ1) is 8.21. The second kappa shape index (κ2) is 3.15. The van der Waals surface area contributed by atoms with Gasteiger partial charge >= 0.3 is 0 Å². The van der Waals surface area contributed by atoms with Crippen molar-refractivity contribution in [2.24, 2.45) is 0 Å². The Morgan fingerprint density at radius 3 is 2.85 bits per heavy atom. The minimum Gasteiger partial charge on any atom is -0.249 e. The van der Waals surface area contributed by atoms with E-state index in [0.29, 0.717) is 5.56 Å². The van der Waals surface area contributed by atoms with Crippen LogP contribution >= 0.6 is 15.9 Å². The topological polar surface area (TPSA) is 36.7 Å². The van der Waals surface area contributed by atoms with Gasteiger partial charge in [-0.25, -0.2) is 4.98 Å². The van der Waals surface area contributed by atoms with Gasteiger partial charge in [0, 0.05) is 17.0 Å². The van der Waals surface area contributed by atoms with E-state index in [1.807, 2.05) is 18.2 Å². The monoisotopic (exact) mass is 232 g/mol. The average molecular weight is 233 g/mol. The van der Waals surface area contributed by atoms with Gasteiger partial charge in [0.25, 0.3) is 0 Å². The highest BCUT2D eigenvalue weighted by molar-refractivity contribution is 9.10. The lowest BCUT2D eigenvalue weighted by Gasteiger charge is -1.99. The molecule has 1 aromatic carbocycles. The Morgan fingerprint density at radius 1 is 1.23 bits per heavy atom. The maximum Gasteiger partial charge on any atom is 0.113 e. The minimum atomic E-state index is 0.681. The SMILES string of the molecule is N#Cc1cccc2c(Br)nccc12. The zero-order valence-electron chi connectivity index (χ0n) is 6.66. The van der Waals surface area contributed by atoms with Crippen molar-refractivity contribution in [1.82, 2.24) is 4.98 Å². The van der Waals surface area contributed by atoms with Crippen molar-refractivity contribution < 1.29 is 0 Å². The first-order chi connectivity index (χ1) is 6.33. The Morgan fingerprint density at radius 2 is 2.08 bits per heavy atom. The van der Waals surface area contributed by atoms with Gasteiger partial charge in [-0.2, -0.15) is 5.26 Å². The Labute approximate surface area is 84.0 Å². The molecule has 0 amide bonds. The Bertz CT molecular complexity index is 500. The van der Waals surface area contributed by atoms with Gasteiger partial charge < -0.3 is 0 Å². The molecule has 0 saturated carbocycles. The molecule has 2 nitrogen and oxygen atoms in total. The Kier molecular flexibility index (Phi) is 1.99. The molecule has 2 rings (SSSR count). The highest BCUT2D eigenvalue weighted by Crippen LogP contribution is 2.23. The lowest BCUT2D eigenvalue weighted by molar-refractivity contribution is 1.31. The van der Waals surface area contributed by atoms with E-state index in [9.17, 15) is 0 Å². The fraction of sp³-hybridized carbons (Fsp3) is 0. The smallest absolute Gasteiger partial charge is 0.113 e. The number of aromatic nitrogens is 1. The van der Waals surface area contributed by atoms with Crippen LogP contribution in [0, 0.1) is 11.3 Å². The second-order valence-electron chi connectivity index (χ2n) is 2.61. The molecule has 0 radical (unpaired) electrons. The van der Waals surface area contributed by atoms with Crippen LogP contribution in [-0.2, 0) is 0 Å². The number of halogens is 1. The number of hydrogen-bond donors (Lipinski definition) is 0. The molecule has 2 aromatic rings. The van der Waals surface area contributed by atoms with Crippen LogP contribution in [0.1, 0.15) is 5.56 Å². The summed E-state index contributed by atoms with van der Waals surface area (Å²) in [5.41, 5.74) is 0.681. The molecule has 3 heteroatoms. The number of pyridine rings is 1. The van der Waals surface area contributed by atoms with E-state index in [0.717, 1.165) is 15.4 Å². The van der Waals surface area contributed by atoms with E-state index in [1.54, 1.807) is 12.3 Å². The first-order valence-electron chi connectivity index (χ1n) is 3.76. The highest BCUT2D eigenvalue weighted by atomic mass is 79.9. The second-order valence-corrected chi connectivity index (χ2v) is 3.37. The maximum absolute atomic E-state index is 8.84. The van der Waals surface area contributed by atoms with E-state index >= 15 is 0 Å². The molecule has 0 spiro atoms. The Hall–Kier alpha value is -1.40. The van der Waals surface area contributed by atoms with E-state index in [-0.39, 0.29) is 0 Å². The van der Waals surface area contributed by atoms with Crippen LogP contribution in [0.5, 0.6) is 0 Å². The Balaban J connectivity index is 2.94. The van der Waals surface area contributed by atoms with Crippen LogP contribution in [0.15, 0.2) is 35.1 Å². The summed E-state index contributed by atoms with van der Waals surface area (Å²) in [4.78, 5) is 4.09. The molecule has 0 aliphatic rings. The lowest BCUT2D eigenvalue weighted by atomic mass is 10.1. The maximum atomic E-state index is 8.84. The summed E-state index contributed by atoms with van der Waals surface area (Å²) >= 11 is 3.34. The summed E-state index contributed by atoms with van der Waals surface area (Å²) in [6, 6.07) is 9.59. The molecule has 0 unspecified atom stereocenters. The fourth-order valence-corrected chi connectivity index (χ4v) is 1.73. The summed E-state index contributed by atoms with van der Waals surface area (Å²) < 4.78 is 0.780. The van der Waals surface area contributed by atoms with Crippen LogP contribution in [-0.4, -0.2) is 4.98 Å². The summed E-state index contributed by atoms with van der Waals surface area (Å²) in [6.45, 7) is 0. The summed E-state index contributed by atoms with van der Waals surface area (Å²) in [5, 5.41) is 10.8. The van der Waals surface area contributed by atoms with Crippen LogP contribution < -0.4 is 0 Å². The third-order valence-electron chi connectivity index (χ3n) is 1.88. The predicted octanol–water partition coefficient (Wildman–Crippen LogP) is 2.87. The molecule has 0 aliphatic heterocycles. The van der Waals surface area contributed by atoms with Crippen LogP contribution in [0.4, 0.5) is 0 Å². The number of fused-ring (bicyclic) bond motifs is 1. The van der Waals surface area contributed by atoms with Crippen LogP contribution in [0.2, 0.25) is 0 Å². The van der Waals surface area contributed by atoms with Crippen molar-refractivity contribution in [2.45, 2.75) is 0 Å². The van der Waals surface area contributed by atoms with Crippen molar-refractivity contribution in [3.8, 4) is 6.07 Å². The fourth-order valence-electron chi connectivity index (χ4n) is 1.27. The minimum absolute atomic E-state index is 0.681. The molecule has 0 saturated heterocycles. The molecule has 0 fully saturated rings. The first-order valence-corrected chi connectivity index (χ1v) is 4.55. The van der Waals surface area contributed by atoms with Gasteiger partial charge in [-0.1, -0.05) is 12.1 Å². The van der Waals surface area contributed by atoms with Gasteiger partial charge in [-0.3, -0.25) is 0 Å². The van der Waals surface area contributed by atoms with Crippen molar-refractivity contribution in [2.75, 3.05) is 0 Å². The molecule has 13 heavy (non-hydrogen) atoms. The van der Waals surface area contributed by atoms with Crippen LogP contribution in [0.25, 0.3) is 10.8 Å². The quantitative estimate of drug-likeness (QED) is 0.656. The summed E-state index contributed by atoms with van der Waals surface area (Å²) in [6.07, 6.45) is 1.69. The summed E-state index contributed by atoms with van der Waals surface area (Å²) in [7, 11) is 0. The van der Waals surface area contributed by atoms with Gasteiger partial charge in [-0.05, 0) is 28.1 Å². The largest absolute Gasteiger partial charge is 0.249 e. The van der Waals surface area contributed by atoms with Gasteiger partial charge in [0.1, 0.15) is 4.60 Å². The molecule has 1 heterocycles. The van der Waals surface area contributed by atoms with Crippen molar-refractivity contribution in [1.29, 1.82) is 5.26 Å². The molecule has 0 bridgehead atoms. The molecule has 0 aliphatic carbocycles. The van der Waals surface area contributed by atoms with Crippen LogP contribution in [0.3, 0.4) is 0 Å². The third kappa shape index (κ3) is 1.30. The van der Waals surface area contributed by atoms with E-state index in [4.69, 9.17) is 5.26 Å². The summed E-state index contributed by atoms with van der Waals surface area (Å²) in [5.74, 6) is 0. The van der Waals surface area contributed by atoms with Gasteiger partial charge in [0.2, 0.25) is 0 Å². The number of hydrogen-bond acceptors (Lipinski definition) is 2. The van der Waals surface area contributed by atoms with E-state index in [2.05, 4.69) is 27.0 Å². The normalized spacial score (nSPS) is 9.85. The van der Waals surface area contributed by atoms with Crippen molar-refractivity contribution in [3.05, 3.63) is 40.6 Å². The third-order valence-corrected chi connectivity index (χ3v) is 2.51. The lowest BCUT2D eigenvalue weighted by Crippen LogP contribution is -1.82. The standard InChI is InChI=1S/C10H5BrN2/c11-10-9-3-1-2-7(6-12)8(9)4-5-13-10/h1-5H. The molecule has 1 aromatic heterocycles. The molecular formula is C10H5BrN2. The van der Waals surface area contributed by atoms with E-state index < -0.39 is 0 Å². The van der Waals surface area contributed by atoms with Gasteiger partial charge in [0.05, 0.1) is 11.6 Å². The van der Waals surface area contributed by atoms with Gasteiger partial charge in [0.15, 0.2) is 0 Å². The molecule has 0 N–H and O–H groups in total. The van der Waals surface area contributed by atoms with E-state index in [1.165, 1.54) is 0 Å². The average Bonchev–Trinajstić information content (AvgIpc) is 2.18. The molecular weight excluding hydrogens is 228 g/mol. The highest BCUT2D eigenvalue weighted by Gasteiger charge is 2.02.